The van der Waals surface area contributed by atoms with Gasteiger partial charge in [-0.25, -0.2) is 0 Å². The van der Waals surface area contributed by atoms with Crippen LogP contribution in [0, 0.1) is 23.2 Å². The van der Waals surface area contributed by atoms with E-state index < -0.39 is 0 Å². The van der Waals surface area contributed by atoms with Crippen molar-refractivity contribution < 1.29 is 9.53 Å². The molecule has 1 N–H and O–H groups in total. The molecular weight excluding hydrogens is 336 g/mol. The summed E-state index contributed by atoms with van der Waals surface area (Å²) in [7, 11) is 0. The molecule has 0 unspecified atom stereocenters. The number of carbonyl (C=O) groups is 1. The molecule has 4 bridgehead atoms. The van der Waals surface area contributed by atoms with Gasteiger partial charge >= 0.3 is 0 Å². The molecule has 1 aromatic heterocycles. The van der Waals surface area contributed by atoms with Gasteiger partial charge in [-0.05, 0) is 80.5 Å². The number of rotatable bonds is 5. The first-order valence-electron chi connectivity index (χ1n) is 10.1. The van der Waals surface area contributed by atoms with Gasteiger partial charge in [0, 0.05) is 18.0 Å². The first kappa shape index (κ1) is 16.8. The second-order valence-corrected chi connectivity index (χ2v) is 8.79. The van der Waals surface area contributed by atoms with E-state index >= 15 is 0 Å². The fourth-order valence-corrected chi connectivity index (χ4v) is 5.96. The van der Waals surface area contributed by atoms with Gasteiger partial charge in [0.2, 0.25) is 5.91 Å². The molecule has 6 rings (SSSR count). The Morgan fingerprint density at radius 2 is 1.78 bits per heavy atom. The minimum absolute atomic E-state index is 0.125. The molecule has 4 fully saturated rings. The van der Waals surface area contributed by atoms with Crippen molar-refractivity contribution in [3.63, 3.8) is 0 Å². The van der Waals surface area contributed by atoms with Gasteiger partial charge in [0.05, 0.1) is 11.1 Å². The van der Waals surface area contributed by atoms with Crippen LogP contribution >= 0.6 is 0 Å². The van der Waals surface area contributed by atoms with Gasteiger partial charge < -0.3 is 10.1 Å². The lowest BCUT2D eigenvalue weighted by Crippen LogP contribution is -2.51. The van der Waals surface area contributed by atoms with E-state index in [1.807, 2.05) is 42.5 Å². The SMILES string of the molecule is O=C(Nc1cccc(OCc2ccccn2)c1)C12CC3CC(CC(C3)C1)C2. The standard InChI is InChI=1S/C23H26N2O2/c26-22(23-12-16-8-17(13-23)10-18(9-16)14-23)25-19-5-3-6-21(11-19)27-15-20-4-1-2-7-24-20/h1-7,11,16-18H,8-10,12-15H2,(H,25,26). The van der Waals surface area contributed by atoms with Gasteiger partial charge in [-0.2, -0.15) is 0 Å². The van der Waals surface area contributed by atoms with E-state index in [2.05, 4.69) is 10.3 Å². The fourth-order valence-electron chi connectivity index (χ4n) is 5.96. The van der Waals surface area contributed by atoms with Crippen molar-refractivity contribution in [1.82, 2.24) is 4.98 Å². The minimum Gasteiger partial charge on any atom is -0.487 e. The van der Waals surface area contributed by atoms with E-state index in [1.165, 1.54) is 19.3 Å². The molecule has 0 saturated heterocycles. The predicted molar refractivity (Wildman–Crippen MR) is 104 cm³/mol. The highest BCUT2D eigenvalue weighted by Gasteiger charge is 2.54. The number of hydrogen-bond donors (Lipinski definition) is 1. The van der Waals surface area contributed by atoms with E-state index in [1.54, 1.807) is 6.20 Å². The summed E-state index contributed by atoms with van der Waals surface area (Å²) in [5.74, 6) is 3.30. The van der Waals surface area contributed by atoms with Crippen LogP contribution < -0.4 is 10.1 Å². The number of nitrogens with zero attached hydrogens (tertiary/aromatic N) is 1. The summed E-state index contributed by atoms with van der Waals surface area (Å²) in [6.45, 7) is 0.424. The zero-order valence-corrected chi connectivity index (χ0v) is 15.6. The van der Waals surface area contributed by atoms with Crippen LogP contribution in [0.15, 0.2) is 48.7 Å². The van der Waals surface area contributed by atoms with Crippen LogP contribution in [0.5, 0.6) is 5.75 Å². The molecule has 27 heavy (non-hydrogen) atoms. The van der Waals surface area contributed by atoms with Crippen LogP contribution in [0.25, 0.3) is 0 Å². The number of aromatic nitrogens is 1. The third-order valence-corrected chi connectivity index (χ3v) is 6.72. The first-order valence-corrected chi connectivity index (χ1v) is 10.1. The quantitative estimate of drug-likeness (QED) is 0.830. The van der Waals surface area contributed by atoms with Crippen molar-refractivity contribution in [2.45, 2.75) is 45.1 Å². The Labute approximate surface area is 160 Å². The van der Waals surface area contributed by atoms with Gasteiger partial charge in [0.1, 0.15) is 12.4 Å². The number of pyridine rings is 1. The van der Waals surface area contributed by atoms with Gasteiger partial charge in [0.25, 0.3) is 0 Å². The van der Waals surface area contributed by atoms with E-state index in [0.29, 0.717) is 6.61 Å². The predicted octanol–water partition coefficient (Wildman–Crippen LogP) is 4.82. The number of hydrogen-bond acceptors (Lipinski definition) is 3. The van der Waals surface area contributed by atoms with E-state index in [0.717, 1.165) is 54.1 Å². The zero-order chi connectivity index (χ0) is 18.3. The van der Waals surface area contributed by atoms with Crippen molar-refractivity contribution in [3.8, 4) is 5.75 Å². The Bertz CT molecular complexity index is 798. The number of ether oxygens (including phenoxy) is 1. The molecule has 0 aliphatic heterocycles. The molecule has 1 aromatic carbocycles. The third kappa shape index (κ3) is 3.33. The summed E-state index contributed by atoms with van der Waals surface area (Å²) in [6.07, 6.45) is 9.07. The number of nitrogens with one attached hydrogen (secondary N) is 1. The molecule has 0 radical (unpaired) electrons. The monoisotopic (exact) mass is 362 g/mol. The molecule has 4 aliphatic carbocycles. The highest BCUT2D eigenvalue weighted by Crippen LogP contribution is 2.60. The molecule has 4 aliphatic rings. The Kier molecular flexibility index (Phi) is 4.14. The maximum atomic E-state index is 13.2. The lowest BCUT2D eigenvalue weighted by molar-refractivity contribution is -0.140. The van der Waals surface area contributed by atoms with E-state index in [9.17, 15) is 4.79 Å². The van der Waals surface area contributed by atoms with Gasteiger partial charge in [-0.3, -0.25) is 9.78 Å². The first-order chi connectivity index (χ1) is 13.2. The van der Waals surface area contributed by atoms with Crippen molar-refractivity contribution in [3.05, 3.63) is 54.4 Å². The van der Waals surface area contributed by atoms with Crippen LogP contribution in [0.4, 0.5) is 5.69 Å². The highest BCUT2D eigenvalue weighted by atomic mass is 16.5. The lowest BCUT2D eigenvalue weighted by Gasteiger charge is -2.55. The Morgan fingerprint density at radius 3 is 2.44 bits per heavy atom. The molecule has 0 atom stereocenters. The van der Waals surface area contributed by atoms with Crippen LogP contribution in [0.3, 0.4) is 0 Å². The van der Waals surface area contributed by atoms with Gasteiger partial charge in [-0.1, -0.05) is 12.1 Å². The molecule has 1 amide bonds. The molecule has 4 heteroatoms. The zero-order valence-electron chi connectivity index (χ0n) is 15.6. The summed E-state index contributed by atoms with van der Waals surface area (Å²) >= 11 is 0. The van der Waals surface area contributed by atoms with Crippen molar-refractivity contribution in [2.75, 3.05) is 5.32 Å². The normalized spacial score (nSPS) is 30.9. The topological polar surface area (TPSA) is 51.2 Å². The minimum atomic E-state index is -0.125. The number of amides is 1. The smallest absolute Gasteiger partial charge is 0.230 e. The van der Waals surface area contributed by atoms with Crippen LogP contribution in [-0.2, 0) is 11.4 Å². The second kappa shape index (κ2) is 6.66. The van der Waals surface area contributed by atoms with Gasteiger partial charge in [0.15, 0.2) is 0 Å². The summed E-state index contributed by atoms with van der Waals surface area (Å²) in [6, 6.07) is 13.5. The summed E-state index contributed by atoms with van der Waals surface area (Å²) in [5, 5.41) is 3.20. The largest absolute Gasteiger partial charge is 0.487 e. The van der Waals surface area contributed by atoms with Crippen molar-refractivity contribution in [2.24, 2.45) is 23.2 Å². The number of carbonyl (C=O) groups excluding carboxylic acids is 1. The maximum Gasteiger partial charge on any atom is 0.230 e. The fraction of sp³-hybridized carbons (Fsp3) is 0.478. The second-order valence-electron chi connectivity index (χ2n) is 8.79. The third-order valence-electron chi connectivity index (χ3n) is 6.72. The molecular formula is C23H26N2O2. The summed E-state index contributed by atoms with van der Waals surface area (Å²) in [4.78, 5) is 17.5. The number of benzene rings is 1. The Balaban J connectivity index is 1.26. The maximum absolute atomic E-state index is 13.2. The Morgan fingerprint density at radius 1 is 1.04 bits per heavy atom. The van der Waals surface area contributed by atoms with Crippen molar-refractivity contribution >= 4 is 11.6 Å². The Hall–Kier alpha value is -2.36. The lowest BCUT2D eigenvalue weighted by atomic mass is 9.49. The summed E-state index contributed by atoms with van der Waals surface area (Å²) < 4.78 is 5.85. The van der Waals surface area contributed by atoms with Crippen molar-refractivity contribution in [1.29, 1.82) is 0 Å². The average Bonchev–Trinajstić information content (AvgIpc) is 2.66. The van der Waals surface area contributed by atoms with E-state index in [4.69, 9.17) is 4.74 Å². The highest BCUT2D eigenvalue weighted by molar-refractivity contribution is 5.95. The molecule has 2 aromatic rings. The van der Waals surface area contributed by atoms with Crippen LogP contribution in [-0.4, -0.2) is 10.9 Å². The molecule has 1 heterocycles. The molecule has 4 saturated carbocycles. The number of anilines is 1. The molecule has 0 spiro atoms. The average molecular weight is 362 g/mol. The van der Waals surface area contributed by atoms with Crippen LogP contribution in [0.2, 0.25) is 0 Å². The van der Waals surface area contributed by atoms with E-state index in [-0.39, 0.29) is 11.3 Å². The molecule has 4 nitrogen and oxygen atoms in total. The molecule has 140 valence electrons. The van der Waals surface area contributed by atoms with Gasteiger partial charge in [-0.15, -0.1) is 0 Å². The van der Waals surface area contributed by atoms with Crippen LogP contribution in [0.1, 0.15) is 44.2 Å². The summed E-state index contributed by atoms with van der Waals surface area (Å²) in [5.41, 5.74) is 1.59.